The van der Waals surface area contributed by atoms with Gasteiger partial charge in [0.05, 0.1) is 12.3 Å². The van der Waals surface area contributed by atoms with E-state index in [0.717, 1.165) is 4.90 Å². The fourth-order valence-corrected chi connectivity index (χ4v) is 0.945. The predicted octanol–water partition coefficient (Wildman–Crippen LogP) is 2.35. The van der Waals surface area contributed by atoms with Crippen molar-refractivity contribution in [3.8, 4) is 0 Å². The van der Waals surface area contributed by atoms with Crippen LogP contribution in [0.4, 0.5) is 16.2 Å². The van der Waals surface area contributed by atoms with Crippen LogP contribution in [0.1, 0.15) is 0 Å². The van der Waals surface area contributed by atoms with Gasteiger partial charge in [0.2, 0.25) is 5.69 Å². The third kappa shape index (κ3) is 1.76. The van der Waals surface area contributed by atoms with Crippen LogP contribution < -0.4 is 4.90 Å². The van der Waals surface area contributed by atoms with E-state index in [1.807, 2.05) is 0 Å². The summed E-state index contributed by atoms with van der Waals surface area (Å²) in [6.45, 7) is 6.82. The molecule has 0 bridgehead atoms. The number of anilines is 1. The lowest BCUT2D eigenvalue weighted by molar-refractivity contribution is 0.203. The van der Waals surface area contributed by atoms with Crippen molar-refractivity contribution in [1.29, 1.82) is 0 Å². The zero-order valence-corrected chi connectivity index (χ0v) is 7.06. The minimum atomic E-state index is -1.07. The molecule has 0 aliphatic carbocycles. The molecule has 1 amide bonds. The molecule has 1 rings (SSSR count). The molecule has 0 radical (unpaired) electrons. The van der Waals surface area contributed by atoms with E-state index in [1.165, 1.54) is 7.05 Å². The van der Waals surface area contributed by atoms with Crippen LogP contribution in [0.3, 0.4) is 0 Å². The lowest BCUT2D eigenvalue weighted by atomic mass is 10.2. The number of amides is 1. The lowest BCUT2D eigenvalue weighted by Gasteiger charge is -2.13. The van der Waals surface area contributed by atoms with E-state index in [0.29, 0.717) is 11.4 Å². The molecule has 4 heteroatoms. The van der Waals surface area contributed by atoms with E-state index in [1.54, 1.807) is 24.3 Å². The Hall–Kier alpha value is -2.02. The fourth-order valence-electron chi connectivity index (χ4n) is 0.945. The number of benzene rings is 1. The molecule has 0 saturated heterocycles. The van der Waals surface area contributed by atoms with E-state index in [-0.39, 0.29) is 0 Å². The van der Waals surface area contributed by atoms with Crippen molar-refractivity contribution in [2.75, 3.05) is 11.9 Å². The smallest absolute Gasteiger partial charge is 0.410 e. The molecule has 0 aromatic heterocycles. The first-order chi connectivity index (χ1) is 6.16. The van der Waals surface area contributed by atoms with E-state index in [9.17, 15) is 4.79 Å². The van der Waals surface area contributed by atoms with E-state index >= 15 is 0 Å². The number of hydrogen-bond donors (Lipinski definition) is 1. The van der Waals surface area contributed by atoms with Crippen molar-refractivity contribution >= 4 is 17.5 Å². The largest absolute Gasteiger partial charge is 0.465 e. The van der Waals surface area contributed by atoms with Crippen LogP contribution in [0.2, 0.25) is 0 Å². The summed E-state index contributed by atoms with van der Waals surface area (Å²) < 4.78 is 0. The third-order valence-electron chi connectivity index (χ3n) is 1.65. The quantitative estimate of drug-likeness (QED) is 0.667. The summed E-state index contributed by atoms with van der Waals surface area (Å²) >= 11 is 0. The van der Waals surface area contributed by atoms with Crippen molar-refractivity contribution in [3.63, 3.8) is 0 Å². The van der Waals surface area contributed by atoms with Gasteiger partial charge in [0.1, 0.15) is 0 Å². The molecule has 13 heavy (non-hydrogen) atoms. The van der Waals surface area contributed by atoms with Crippen LogP contribution in [0.5, 0.6) is 0 Å². The van der Waals surface area contributed by atoms with E-state index < -0.39 is 6.09 Å². The highest BCUT2D eigenvalue weighted by atomic mass is 16.4. The Morgan fingerprint density at radius 1 is 1.54 bits per heavy atom. The Labute approximate surface area is 75.8 Å². The Bertz CT molecular complexity index is 368. The molecule has 0 fully saturated rings. The molecule has 0 spiro atoms. The highest BCUT2D eigenvalue weighted by molar-refractivity contribution is 5.90. The van der Waals surface area contributed by atoms with Crippen molar-refractivity contribution in [2.45, 2.75) is 0 Å². The topological polar surface area (TPSA) is 44.9 Å². The Balaban J connectivity index is 3.15. The molecular weight excluding hydrogens is 168 g/mol. The highest BCUT2D eigenvalue weighted by Gasteiger charge is 2.11. The molecule has 4 nitrogen and oxygen atoms in total. The van der Waals surface area contributed by atoms with Crippen molar-refractivity contribution in [1.82, 2.24) is 0 Å². The molecule has 0 atom stereocenters. The Morgan fingerprint density at radius 2 is 2.15 bits per heavy atom. The van der Waals surface area contributed by atoms with Crippen molar-refractivity contribution < 1.29 is 9.90 Å². The number of carbonyl (C=O) groups is 1. The molecule has 1 N–H and O–H groups in total. The third-order valence-corrected chi connectivity index (χ3v) is 1.65. The first kappa shape index (κ1) is 9.07. The molecule has 0 saturated carbocycles. The lowest BCUT2D eigenvalue weighted by Crippen LogP contribution is -2.23. The Kier molecular flexibility index (Phi) is 2.50. The second-order valence-corrected chi connectivity index (χ2v) is 2.44. The highest BCUT2D eigenvalue weighted by Crippen LogP contribution is 2.26. The van der Waals surface area contributed by atoms with Gasteiger partial charge in [0.15, 0.2) is 0 Å². The first-order valence-corrected chi connectivity index (χ1v) is 3.60. The number of carboxylic acid groups (broad SMARTS) is 1. The molecule has 0 unspecified atom stereocenters. The van der Waals surface area contributed by atoms with Gasteiger partial charge >= 0.3 is 6.09 Å². The zero-order valence-electron chi connectivity index (χ0n) is 7.06. The van der Waals surface area contributed by atoms with Gasteiger partial charge < -0.3 is 5.11 Å². The van der Waals surface area contributed by atoms with Gasteiger partial charge in [-0.25, -0.2) is 9.64 Å². The number of hydrogen-bond acceptors (Lipinski definition) is 1. The van der Waals surface area contributed by atoms with Crippen LogP contribution in [-0.4, -0.2) is 18.2 Å². The Morgan fingerprint density at radius 3 is 2.69 bits per heavy atom. The standard InChI is InChI=1S/C9H8N2O2/c1-10-7-5-3-4-6-8(7)11(2)9(12)13/h3-6H,2H3,(H,12,13). The number of rotatable bonds is 1. The monoisotopic (exact) mass is 176 g/mol. The minimum Gasteiger partial charge on any atom is -0.465 e. The molecular formula is C9H8N2O2. The minimum absolute atomic E-state index is 0.340. The molecule has 1 aromatic rings. The van der Waals surface area contributed by atoms with E-state index in [2.05, 4.69) is 4.85 Å². The van der Waals surface area contributed by atoms with Crippen LogP contribution in [0.25, 0.3) is 4.85 Å². The molecule has 0 aliphatic rings. The zero-order chi connectivity index (χ0) is 9.84. The van der Waals surface area contributed by atoms with Crippen LogP contribution in [0, 0.1) is 6.57 Å². The molecule has 1 aromatic carbocycles. The number of para-hydroxylation sites is 2. The maximum atomic E-state index is 10.6. The second kappa shape index (κ2) is 3.59. The summed E-state index contributed by atoms with van der Waals surface area (Å²) in [5.74, 6) is 0. The van der Waals surface area contributed by atoms with Gasteiger partial charge in [-0.05, 0) is 6.07 Å². The molecule has 0 heterocycles. The SMILES string of the molecule is [C-]#[N+]c1ccccc1N(C)C(=O)O. The van der Waals surface area contributed by atoms with Gasteiger partial charge in [-0.1, -0.05) is 18.2 Å². The maximum absolute atomic E-state index is 10.6. The average molecular weight is 176 g/mol. The fraction of sp³-hybridized carbons (Fsp3) is 0.111. The van der Waals surface area contributed by atoms with Gasteiger partial charge in [-0.3, -0.25) is 4.90 Å². The van der Waals surface area contributed by atoms with Gasteiger partial charge in [-0.2, -0.15) is 0 Å². The van der Waals surface area contributed by atoms with Crippen molar-refractivity contribution in [2.24, 2.45) is 0 Å². The second-order valence-electron chi connectivity index (χ2n) is 2.44. The van der Waals surface area contributed by atoms with Gasteiger partial charge in [0, 0.05) is 7.05 Å². The number of nitrogens with zero attached hydrogens (tertiary/aromatic N) is 2. The summed E-state index contributed by atoms with van der Waals surface area (Å²) in [5.41, 5.74) is 0.748. The van der Waals surface area contributed by atoms with Crippen LogP contribution in [-0.2, 0) is 0 Å². The van der Waals surface area contributed by atoms with Gasteiger partial charge in [-0.15, -0.1) is 0 Å². The van der Waals surface area contributed by atoms with Gasteiger partial charge in [0.25, 0.3) is 0 Å². The predicted molar refractivity (Wildman–Crippen MR) is 49.1 cm³/mol. The first-order valence-electron chi connectivity index (χ1n) is 3.60. The molecule has 66 valence electrons. The van der Waals surface area contributed by atoms with Crippen molar-refractivity contribution in [3.05, 3.63) is 35.7 Å². The van der Waals surface area contributed by atoms with E-state index in [4.69, 9.17) is 11.7 Å². The summed E-state index contributed by atoms with van der Waals surface area (Å²) in [4.78, 5) is 14.8. The maximum Gasteiger partial charge on any atom is 0.410 e. The average Bonchev–Trinajstić information content (AvgIpc) is 2.16. The molecule has 0 aliphatic heterocycles. The van der Waals surface area contributed by atoms with Crippen LogP contribution >= 0.6 is 0 Å². The summed E-state index contributed by atoms with van der Waals surface area (Å²) in [7, 11) is 1.41. The summed E-state index contributed by atoms with van der Waals surface area (Å²) in [6, 6.07) is 6.58. The summed E-state index contributed by atoms with van der Waals surface area (Å²) in [6.07, 6.45) is -1.07. The normalized spacial score (nSPS) is 8.92. The van der Waals surface area contributed by atoms with Crippen LogP contribution in [0.15, 0.2) is 24.3 Å². The summed E-state index contributed by atoms with van der Waals surface area (Å²) in [5, 5.41) is 8.68.